The second-order valence-corrected chi connectivity index (χ2v) is 17.2. The van der Waals surface area contributed by atoms with Crippen LogP contribution in [0.25, 0.3) is 11.0 Å². The zero-order chi connectivity index (χ0) is 36.5. The van der Waals surface area contributed by atoms with E-state index in [4.69, 9.17) is 19.4 Å². The number of likely N-dealkylation sites (tertiary alicyclic amines) is 1. The Morgan fingerprint density at radius 1 is 1.08 bits per heavy atom. The van der Waals surface area contributed by atoms with E-state index in [1.807, 2.05) is 25.7 Å². The van der Waals surface area contributed by atoms with Gasteiger partial charge in [0.1, 0.15) is 11.6 Å². The number of allylic oxidation sites excluding steroid dienone is 2. The summed E-state index contributed by atoms with van der Waals surface area (Å²) in [5.41, 5.74) is 3.49. The molecular formula is C37H52N8O5S. The highest BCUT2D eigenvalue weighted by Crippen LogP contribution is 2.41. The number of rotatable bonds is 11. The number of amides is 1. The van der Waals surface area contributed by atoms with E-state index in [9.17, 15) is 13.2 Å². The van der Waals surface area contributed by atoms with E-state index < -0.39 is 20.6 Å². The number of carbonyl (C=O) groups excluding carboxylic acids is 1. The Morgan fingerprint density at radius 3 is 2.47 bits per heavy atom. The SMILES string of the molecule is CC1=C(C2CCN(C(=O)CN3CCOCC3)CC2)C=C(OC(C)C)C(C)(Nc2nc(Nc3ccccc3S(=O)(=O)C(C)C)c3c(C)[nH]nc3n2)C1. The van der Waals surface area contributed by atoms with Gasteiger partial charge in [-0.15, -0.1) is 0 Å². The summed E-state index contributed by atoms with van der Waals surface area (Å²) in [6.07, 6.45) is 4.59. The zero-order valence-electron chi connectivity index (χ0n) is 30.9. The summed E-state index contributed by atoms with van der Waals surface area (Å²) in [5.74, 6) is 2.10. The number of aromatic amines is 1. The number of ether oxygens (including phenoxy) is 2. The Hall–Kier alpha value is -4.01. The van der Waals surface area contributed by atoms with Crippen molar-refractivity contribution >= 4 is 44.2 Å². The lowest BCUT2D eigenvalue weighted by Crippen LogP contribution is -2.47. The Morgan fingerprint density at radius 2 is 1.78 bits per heavy atom. The molecule has 276 valence electrons. The van der Waals surface area contributed by atoms with Crippen LogP contribution in [0.15, 0.2) is 52.1 Å². The van der Waals surface area contributed by atoms with Crippen LogP contribution in [0.3, 0.4) is 0 Å². The summed E-state index contributed by atoms with van der Waals surface area (Å²) < 4.78 is 38.5. The minimum atomic E-state index is -3.57. The van der Waals surface area contributed by atoms with Gasteiger partial charge in [0.05, 0.1) is 52.6 Å². The highest BCUT2D eigenvalue weighted by atomic mass is 32.2. The molecule has 0 radical (unpaired) electrons. The van der Waals surface area contributed by atoms with Crippen molar-refractivity contribution in [3.63, 3.8) is 0 Å². The molecule has 2 saturated heterocycles. The number of aromatic nitrogens is 4. The molecule has 6 rings (SSSR count). The van der Waals surface area contributed by atoms with Crippen molar-refractivity contribution in [1.29, 1.82) is 0 Å². The van der Waals surface area contributed by atoms with Gasteiger partial charge in [0.2, 0.25) is 11.9 Å². The van der Waals surface area contributed by atoms with Gasteiger partial charge in [0, 0.05) is 31.9 Å². The van der Waals surface area contributed by atoms with Gasteiger partial charge in [-0.3, -0.25) is 14.8 Å². The maximum absolute atomic E-state index is 13.3. The normalized spacial score (nSPS) is 21.0. The Labute approximate surface area is 301 Å². The predicted molar refractivity (Wildman–Crippen MR) is 199 cm³/mol. The predicted octanol–water partition coefficient (Wildman–Crippen LogP) is 5.36. The summed E-state index contributed by atoms with van der Waals surface area (Å²) in [5, 5.41) is 14.4. The zero-order valence-corrected chi connectivity index (χ0v) is 31.7. The molecule has 14 heteroatoms. The summed E-state index contributed by atoms with van der Waals surface area (Å²) in [6.45, 7) is 18.4. The van der Waals surface area contributed by atoms with E-state index in [0.717, 1.165) is 50.5 Å². The van der Waals surface area contributed by atoms with Crippen LogP contribution in [0.5, 0.6) is 0 Å². The first-order chi connectivity index (χ1) is 24.2. The van der Waals surface area contributed by atoms with E-state index >= 15 is 0 Å². The van der Waals surface area contributed by atoms with Crippen molar-refractivity contribution in [2.24, 2.45) is 5.92 Å². The number of sulfone groups is 1. The lowest BCUT2D eigenvalue weighted by molar-refractivity contribution is -0.134. The fraction of sp³-hybridized carbons (Fsp3) is 0.568. The first kappa shape index (κ1) is 36.8. The van der Waals surface area contributed by atoms with E-state index in [-0.39, 0.29) is 16.9 Å². The molecule has 3 aromatic rings. The van der Waals surface area contributed by atoms with Crippen molar-refractivity contribution < 1.29 is 22.7 Å². The van der Waals surface area contributed by atoms with Gasteiger partial charge < -0.3 is 25.0 Å². The van der Waals surface area contributed by atoms with Crippen molar-refractivity contribution in [3.8, 4) is 0 Å². The van der Waals surface area contributed by atoms with E-state index in [2.05, 4.69) is 45.7 Å². The van der Waals surface area contributed by atoms with E-state index in [1.165, 1.54) is 11.1 Å². The average molecular weight is 721 g/mol. The van der Waals surface area contributed by atoms with Crippen molar-refractivity contribution in [3.05, 3.63) is 52.9 Å². The average Bonchev–Trinajstić information content (AvgIpc) is 3.46. The molecule has 1 atom stereocenters. The van der Waals surface area contributed by atoms with Crippen LogP contribution < -0.4 is 10.6 Å². The minimum Gasteiger partial charge on any atom is -0.493 e. The first-order valence-electron chi connectivity index (χ1n) is 18.0. The lowest BCUT2D eigenvalue weighted by atomic mass is 9.77. The van der Waals surface area contributed by atoms with Gasteiger partial charge in [-0.25, -0.2) is 8.42 Å². The smallest absolute Gasteiger partial charge is 0.236 e. The third kappa shape index (κ3) is 7.92. The molecule has 0 saturated carbocycles. The molecule has 0 bridgehead atoms. The maximum atomic E-state index is 13.3. The number of fused-ring (bicyclic) bond motifs is 1. The van der Waals surface area contributed by atoms with Crippen LogP contribution in [0.1, 0.15) is 66.5 Å². The second-order valence-electron chi connectivity index (χ2n) is 14.7. The van der Waals surface area contributed by atoms with Gasteiger partial charge in [-0.2, -0.15) is 15.1 Å². The molecule has 4 heterocycles. The largest absolute Gasteiger partial charge is 0.493 e. The molecule has 2 aromatic heterocycles. The molecule has 3 aliphatic rings. The number of nitrogens with one attached hydrogen (secondary N) is 3. The van der Waals surface area contributed by atoms with Crippen LogP contribution in [-0.2, 0) is 24.1 Å². The molecule has 2 aliphatic heterocycles. The van der Waals surface area contributed by atoms with Crippen LogP contribution in [0.4, 0.5) is 17.5 Å². The molecule has 51 heavy (non-hydrogen) atoms. The van der Waals surface area contributed by atoms with E-state index in [1.54, 1.807) is 38.1 Å². The van der Waals surface area contributed by atoms with E-state index in [0.29, 0.717) is 60.6 Å². The standard InChI is InChI=1S/C37H52N8O5S/c1-23(2)50-31-20-28(27-12-14-45(15-13-27)32(46)22-44-16-18-49-19-17-44)25(5)21-37(31,7)41-36-39-34(33-26(6)42-43-35(33)40-36)38-29-10-8-9-11-30(29)51(47,48)24(3)4/h8-11,20,23-24,27H,12-19,21-22H2,1-7H3,(H3,38,39,40,41,42,43). The number of carbonyl (C=O) groups is 1. The maximum Gasteiger partial charge on any atom is 0.236 e. The van der Waals surface area contributed by atoms with Gasteiger partial charge in [-0.05, 0) is 97.4 Å². The quantitative estimate of drug-likeness (QED) is 0.235. The van der Waals surface area contributed by atoms with Crippen LogP contribution in [0, 0.1) is 12.8 Å². The number of hydrogen-bond acceptors (Lipinski definition) is 11. The topological polar surface area (TPSA) is 155 Å². The fourth-order valence-corrected chi connectivity index (χ4v) is 8.49. The van der Waals surface area contributed by atoms with Gasteiger partial charge in [0.15, 0.2) is 15.5 Å². The molecule has 13 nitrogen and oxygen atoms in total. The monoisotopic (exact) mass is 720 g/mol. The summed E-state index contributed by atoms with van der Waals surface area (Å²) in [6, 6.07) is 6.87. The van der Waals surface area contributed by atoms with Gasteiger partial charge >= 0.3 is 0 Å². The third-order valence-electron chi connectivity index (χ3n) is 10.1. The Balaban J connectivity index is 1.24. The van der Waals surface area contributed by atoms with Crippen molar-refractivity contribution in [2.45, 2.75) is 89.5 Å². The first-order valence-corrected chi connectivity index (χ1v) is 19.6. The molecule has 1 unspecified atom stereocenters. The van der Waals surface area contributed by atoms with Crippen molar-refractivity contribution in [1.82, 2.24) is 30.0 Å². The molecule has 1 aromatic carbocycles. The summed E-state index contributed by atoms with van der Waals surface area (Å²) in [4.78, 5) is 27.2. The highest BCUT2D eigenvalue weighted by molar-refractivity contribution is 7.92. The Bertz CT molecular complexity index is 1920. The molecule has 1 aliphatic carbocycles. The molecule has 0 spiro atoms. The number of para-hydroxylation sites is 1. The second kappa shape index (κ2) is 14.9. The minimum absolute atomic E-state index is 0.0642. The molecule has 1 amide bonds. The number of benzene rings is 1. The highest BCUT2D eigenvalue weighted by Gasteiger charge is 2.39. The molecule has 3 N–H and O–H groups in total. The number of piperidine rings is 1. The summed E-state index contributed by atoms with van der Waals surface area (Å²) in [7, 11) is -3.57. The lowest BCUT2D eigenvalue weighted by Gasteiger charge is -2.41. The molecule has 2 fully saturated rings. The fourth-order valence-electron chi connectivity index (χ4n) is 7.28. The number of anilines is 3. The third-order valence-corrected chi connectivity index (χ3v) is 12.3. The van der Waals surface area contributed by atoms with Crippen molar-refractivity contribution in [2.75, 3.05) is 56.6 Å². The summed E-state index contributed by atoms with van der Waals surface area (Å²) >= 11 is 0. The Kier molecular flexibility index (Phi) is 10.8. The number of aryl methyl sites for hydroxylation is 1. The number of hydrogen-bond donors (Lipinski definition) is 3. The van der Waals surface area contributed by atoms with Crippen LogP contribution >= 0.6 is 0 Å². The number of morpholine rings is 1. The number of H-pyrrole nitrogens is 1. The van der Waals surface area contributed by atoms with Crippen LogP contribution in [0.2, 0.25) is 0 Å². The number of nitrogens with zero attached hydrogens (tertiary/aromatic N) is 5. The van der Waals surface area contributed by atoms with Crippen LogP contribution in [-0.4, -0.2) is 107 Å². The van der Waals surface area contributed by atoms with Gasteiger partial charge in [-0.1, -0.05) is 17.7 Å². The molecular weight excluding hydrogens is 669 g/mol. The van der Waals surface area contributed by atoms with Gasteiger partial charge in [0.25, 0.3) is 0 Å².